The molecular formula is C15H17ClN2O4. The predicted octanol–water partition coefficient (Wildman–Crippen LogP) is 2.24. The van der Waals surface area contributed by atoms with E-state index in [1.807, 2.05) is 0 Å². The quantitative estimate of drug-likeness (QED) is 0.892. The third kappa shape index (κ3) is 3.76. The summed E-state index contributed by atoms with van der Waals surface area (Å²) < 4.78 is 0. The molecule has 2 N–H and O–H groups in total. The van der Waals surface area contributed by atoms with Gasteiger partial charge in [0.25, 0.3) is 5.91 Å². The summed E-state index contributed by atoms with van der Waals surface area (Å²) >= 11 is 5.90. The molecular weight excluding hydrogens is 308 g/mol. The number of carboxylic acid groups (broad SMARTS) is 1. The molecule has 0 saturated carbocycles. The van der Waals surface area contributed by atoms with E-state index in [-0.39, 0.29) is 18.4 Å². The Morgan fingerprint density at radius 1 is 1.36 bits per heavy atom. The van der Waals surface area contributed by atoms with Gasteiger partial charge in [-0.05, 0) is 31.0 Å². The number of piperidine rings is 1. The molecule has 22 heavy (non-hydrogen) atoms. The SMILES string of the molecule is CC(=O)Nc1cc(Cl)ccc1C(=O)N1CCCC(C(=O)O)C1. The highest BCUT2D eigenvalue weighted by Gasteiger charge is 2.29. The summed E-state index contributed by atoms with van der Waals surface area (Å²) in [4.78, 5) is 36.5. The van der Waals surface area contributed by atoms with Crippen molar-refractivity contribution in [2.45, 2.75) is 19.8 Å². The van der Waals surface area contributed by atoms with Crippen LogP contribution in [0.2, 0.25) is 5.02 Å². The number of aliphatic carboxylic acids is 1. The maximum atomic E-state index is 12.6. The van der Waals surface area contributed by atoms with Crippen molar-refractivity contribution in [1.82, 2.24) is 4.90 Å². The van der Waals surface area contributed by atoms with Gasteiger partial charge >= 0.3 is 5.97 Å². The van der Waals surface area contributed by atoms with Crippen LogP contribution in [0.4, 0.5) is 5.69 Å². The van der Waals surface area contributed by atoms with Crippen LogP contribution in [0.3, 0.4) is 0 Å². The smallest absolute Gasteiger partial charge is 0.308 e. The number of hydrogen-bond donors (Lipinski definition) is 2. The third-order valence-electron chi connectivity index (χ3n) is 3.58. The fraction of sp³-hybridized carbons (Fsp3) is 0.400. The number of amides is 2. The molecule has 1 fully saturated rings. The van der Waals surface area contributed by atoms with Crippen molar-refractivity contribution in [3.05, 3.63) is 28.8 Å². The van der Waals surface area contributed by atoms with Gasteiger partial charge in [0.2, 0.25) is 5.91 Å². The minimum atomic E-state index is -0.893. The minimum Gasteiger partial charge on any atom is -0.481 e. The van der Waals surface area contributed by atoms with E-state index in [1.54, 1.807) is 12.1 Å². The molecule has 0 spiro atoms. The van der Waals surface area contributed by atoms with E-state index in [9.17, 15) is 14.4 Å². The van der Waals surface area contributed by atoms with Crippen LogP contribution in [0.5, 0.6) is 0 Å². The van der Waals surface area contributed by atoms with Crippen LogP contribution < -0.4 is 5.32 Å². The Morgan fingerprint density at radius 3 is 2.73 bits per heavy atom. The lowest BCUT2D eigenvalue weighted by atomic mass is 9.97. The van der Waals surface area contributed by atoms with Gasteiger partial charge in [0, 0.05) is 25.0 Å². The van der Waals surface area contributed by atoms with E-state index < -0.39 is 11.9 Å². The summed E-state index contributed by atoms with van der Waals surface area (Å²) in [5.41, 5.74) is 0.646. The number of nitrogens with zero attached hydrogens (tertiary/aromatic N) is 1. The first-order valence-corrected chi connectivity index (χ1v) is 7.35. The highest BCUT2D eigenvalue weighted by molar-refractivity contribution is 6.31. The van der Waals surface area contributed by atoms with Gasteiger partial charge in [-0.3, -0.25) is 14.4 Å². The molecule has 2 amide bonds. The number of carbonyl (C=O) groups is 3. The van der Waals surface area contributed by atoms with E-state index in [2.05, 4.69) is 5.32 Å². The molecule has 6 nitrogen and oxygen atoms in total. The average Bonchev–Trinajstić information content (AvgIpc) is 2.46. The van der Waals surface area contributed by atoms with Crippen molar-refractivity contribution in [3.63, 3.8) is 0 Å². The summed E-state index contributed by atoms with van der Waals surface area (Å²) in [5.74, 6) is -2.05. The van der Waals surface area contributed by atoms with Crippen LogP contribution in [0.1, 0.15) is 30.1 Å². The number of anilines is 1. The second-order valence-corrected chi connectivity index (χ2v) is 5.74. The van der Waals surface area contributed by atoms with Crippen molar-refractivity contribution in [3.8, 4) is 0 Å². The number of hydrogen-bond acceptors (Lipinski definition) is 3. The molecule has 2 rings (SSSR count). The molecule has 0 bridgehead atoms. The maximum absolute atomic E-state index is 12.6. The zero-order valence-corrected chi connectivity index (χ0v) is 12.9. The number of nitrogens with one attached hydrogen (secondary N) is 1. The summed E-state index contributed by atoms with van der Waals surface area (Å²) in [6, 6.07) is 4.62. The Bertz CT molecular complexity index is 618. The van der Waals surface area contributed by atoms with Crippen LogP contribution in [0, 0.1) is 5.92 Å². The first kappa shape index (κ1) is 16.3. The number of carboxylic acids is 1. The van der Waals surface area contributed by atoms with Crippen LogP contribution in [0.25, 0.3) is 0 Å². The Balaban J connectivity index is 2.25. The minimum absolute atomic E-state index is 0.177. The normalized spacial score (nSPS) is 17.9. The van der Waals surface area contributed by atoms with Crippen molar-refractivity contribution in [1.29, 1.82) is 0 Å². The first-order chi connectivity index (χ1) is 10.4. The van der Waals surface area contributed by atoms with E-state index >= 15 is 0 Å². The zero-order chi connectivity index (χ0) is 16.3. The Labute approximate surface area is 133 Å². The highest BCUT2D eigenvalue weighted by Crippen LogP contribution is 2.25. The third-order valence-corrected chi connectivity index (χ3v) is 3.82. The van der Waals surface area contributed by atoms with Gasteiger partial charge in [-0.2, -0.15) is 0 Å². The molecule has 1 aliphatic rings. The van der Waals surface area contributed by atoms with Crippen molar-refractivity contribution in [2.24, 2.45) is 5.92 Å². The second kappa shape index (κ2) is 6.79. The molecule has 1 aliphatic heterocycles. The molecule has 1 heterocycles. The lowest BCUT2D eigenvalue weighted by Crippen LogP contribution is -2.42. The second-order valence-electron chi connectivity index (χ2n) is 5.30. The summed E-state index contributed by atoms with van der Waals surface area (Å²) in [6.45, 7) is 2.03. The summed E-state index contributed by atoms with van der Waals surface area (Å²) in [6.07, 6.45) is 1.21. The topological polar surface area (TPSA) is 86.7 Å². The Morgan fingerprint density at radius 2 is 2.09 bits per heavy atom. The average molecular weight is 325 g/mol. The summed E-state index contributed by atoms with van der Waals surface area (Å²) in [7, 11) is 0. The molecule has 0 aliphatic carbocycles. The van der Waals surface area contributed by atoms with Gasteiger partial charge in [-0.1, -0.05) is 11.6 Å². The van der Waals surface area contributed by atoms with Crippen LogP contribution in [-0.2, 0) is 9.59 Å². The van der Waals surface area contributed by atoms with Gasteiger partial charge in [-0.15, -0.1) is 0 Å². The number of rotatable bonds is 3. The standard InChI is InChI=1S/C15H17ClN2O4/c1-9(19)17-13-7-11(16)4-5-12(13)14(20)18-6-2-3-10(8-18)15(21)22/h4-5,7,10H,2-3,6,8H2,1H3,(H,17,19)(H,21,22). The molecule has 0 aromatic heterocycles. The molecule has 1 aromatic rings. The molecule has 1 unspecified atom stereocenters. The monoisotopic (exact) mass is 324 g/mol. The fourth-order valence-electron chi connectivity index (χ4n) is 2.53. The van der Waals surface area contributed by atoms with E-state index in [0.29, 0.717) is 35.7 Å². The predicted molar refractivity (Wildman–Crippen MR) is 82.0 cm³/mol. The van der Waals surface area contributed by atoms with Crippen LogP contribution >= 0.6 is 11.6 Å². The van der Waals surface area contributed by atoms with E-state index in [1.165, 1.54) is 17.9 Å². The zero-order valence-electron chi connectivity index (χ0n) is 12.1. The molecule has 1 atom stereocenters. The van der Waals surface area contributed by atoms with Crippen LogP contribution in [-0.4, -0.2) is 40.9 Å². The van der Waals surface area contributed by atoms with Gasteiger partial charge in [-0.25, -0.2) is 0 Å². The Kier molecular flexibility index (Phi) is 5.03. The van der Waals surface area contributed by atoms with Gasteiger partial charge in [0.05, 0.1) is 17.2 Å². The number of halogens is 1. The number of carbonyl (C=O) groups excluding carboxylic acids is 2. The molecule has 1 aromatic carbocycles. The Hall–Kier alpha value is -2.08. The van der Waals surface area contributed by atoms with Crippen molar-refractivity contribution in [2.75, 3.05) is 18.4 Å². The molecule has 118 valence electrons. The number of benzene rings is 1. The van der Waals surface area contributed by atoms with E-state index in [4.69, 9.17) is 16.7 Å². The first-order valence-electron chi connectivity index (χ1n) is 6.97. The van der Waals surface area contributed by atoms with Crippen molar-refractivity contribution < 1.29 is 19.5 Å². The maximum Gasteiger partial charge on any atom is 0.308 e. The highest BCUT2D eigenvalue weighted by atomic mass is 35.5. The lowest BCUT2D eigenvalue weighted by molar-refractivity contribution is -0.143. The molecule has 0 radical (unpaired) electrons. The van der Waals surface area contributed by atoms with Crippen molar-refractivity contribution >= 4 is 35.1 Å². The molecule has 1 saturated heterocycles. The van der Waals surface area contributed by atoms with Gasteiger partial charge in [0.1, 0.15) is 0 Å². The van der Waals surface area contributed by atoms with E-state index in [0.717, 1.165) is 0 Å². The van der Waals surface area contributed by atoms with Crippen LogP contribution in [0.15, 0.2) is 18.2 Å². The summed E-state index contributed by atoms with van der Waals surface area (Å²) in [5, 5.41) is 12.1. The molecule has 7 heteroatoms. The lowest BCUT2D eigenvalue weighted by Gasteiger charge is -2.31. The number of likely N-dealkylation sites (tertiary alicyclic amines) is 1. The van der Waals surface area contributed by atoms with Gasteiger partial charge < -0.3 is 15.3 Å². The largest absolute Gasteiger partial charge is 0.481 e. The van der Waals surface area contributed by atoms with Gasteiger partial charge in [0.15, 0.2) is 0 Å². The fourth-order valence-corrected chi connectivity index (χ4v) is 2.70.